The predicted octanol–water partition coefficient (Wildman–Crippen LogP) is 1.83. The molecular formula is C10H20ClNO. The summed E-state index contributed by atoms with van der Waals surface area (Å²) in [5.74, 6) is 1.87. The average Bonchev–Trinajstić information content (AvgIpc) is 2.59. The highest BCUT2D eigenvalue weighted by Gasteiger charge is 2.21. The summed E-state index contributed by atoms with van der Waals surface area (Å²) in [7, 11) is 0. The molecule has 2 nitrogen and oxygen atoms in total. The molecular weight excluding hydrogens is 186 g/mol. The van der Waals surface area contributed by atoms with E-state index in [2.05, 4.69) is 5.32 Å². The zero-order chi connectivity index (χ0) is 8.23. The van der Waals surface area contributed by atoms with Gasteiger partial charge in [0.2, 0.25) is 0 Å². The van der Waals surface area contributed by atoms with Crippen LogP contribution in [0, 0.1) is 11.8 Å². The van der Waals surface area contributed by atoms with Crippen LogP contribution in [-0.2, 0) is 4.74 Å². The first kappa shape index (κ1) is 11.3. The average molecular weight is 206 g/mol. The smallest absolute Gasteiger partial charge is 0.0495 e. The third kappa shape index (κ3) is 3.45. The van der Waals surface area contributed by atoms with Gasteiger partial charge in [-0.3, -0.25) is 0 Å². The van der Waals surface area contributed by atoms with Crippen molar-refractivity contribution in [3.05, 3.63) is 0 Å². The Bertz CT molecular complexity index is 131. The van der Waals surface area contributed by atoms with E-state index in [-0.39, 0.29) is 12.4 Å². The Morgan fingerprint density at radius 3 is 2.46 bits per heavy atom. The number of nitrogens with one attached hydrogen (secondary N) is 1. The molecule has 2 aliphatic rings. The van der Waals surface area contributed by atoms with Crippen molar-refractivity contribution in [1.82, 2.24) is 5.32 Å². The summed E-state index contributed by atoms with van der Waals surface area (Å²) < 4.78 is 5.38. The van der Waals surface area contributed by atoms with Crippen molar-refractivity contribution in [2.45, 2.75) is 25.7 Å². The largest absolute Gasteiger partial charge is 0.381 e. The molecule has 13 heavy (non-hydrogen) atoms. The van der Waals surface area contributed by atoms with E-state index in [0.29, 0.717) is 0 Å². The number of halogens is 1. The van der Waals surface area contributed by atoms with Gasteiger partial charge in [0, 0.05) is 13.2 Å². The van der Waals surface area contributed by atoms with Crippen molar-refractivity contribution in [3.63, 3.8) is 0 Å². The van der Waals surface area contributed by atoms with Crippen LogP contribution >= 0.6 is 12.4 Å². The first-order valence-electron chi connectivity index (χ1n) is 5.23. The Balaban J connectivity index is 0.000000845. The third-order valence-electron chi connectivity index (χ3n) is 3.15. The maximum atomic E-state index is 5.38. The van der Waals surface area contributed by atoms with E-state index in [9.17, 15) is 0 Å². The monoisotopic (exact) mass is 205 g/mol. The summed E-state index contributed by atoms with van der Waals surface area (Å²) in [5, 5.41) is 3.41. The molecule has 0 spiro atoms. The summed E-state index contributed by atoms with van der Waals surface area (Å²) in [6.07, 6.45) is 5.50. The Labute approximate surface area is 86.8 Å². The van der Waals surface area contributed by atoms with Crippen molar-refractivity contribution in [3.8, 4) is 0 Å². The van der Waals surface area contributed by atoms with Gasteiger partial charge < -0.3 is 10.1 Å². The molecule has 0 bridgehead atoms. The number of rotatable bonds is 2. The molecule has 0 amide bonds. The van der Waals surface area contributed by atoms with Crippen LogP contribution in [-0.4, -0.2) is 26.3 Å². The zero-order valence-electron chi connectivity index (χ0n) is 8.13. The lowest BCUT2D eigenvalue weighted by Crippen LogP contribution is -2.28. The van der Waals surface area contributed by atoms with Crippen molar-refractivity contribution in [2.24, 2.45) is 11.8 Å². The minimum Gasteiger partial charge on any atom is -0.381 e. The standard InChI is InChI=1S/C10H19NO.ClH/c1-4-11-5-2-9(1)7-10-3-6-12-8-10;/h9-11H,1-8H2;1H. The molecule has 1 unspecified atom stereocenters. The summed E-state index contributed by atoms with van der Waals surface area (Å²) >= 11 is 0. The quantitative estimate of drug-likeness (QED) is 0.743. The third-order valence-corrected chi connectivity index (χ3v) is 3.15. The van der Waals surface area contributed by atoms with Crippen LogP contribution < -0.4 is 5.32 Å². The van der Waals surface area contributed by atoms with Crippen LogP contribution in [0.4, 0.5) is 0 Å². The molecule has 0 radical (unpaired) electrons. The molecule has 2 aliphatic heterocycles. The molecule has 0 aromatic rings. The lowest BCUT2D eigenvalue weighted by Gasteiger charge is -2.24. The molecule has 2 saturated heterocycles. The van der Waals surface area contributed by atoms with Crippen LogP contribution in [0.5, 0.6) is 0 Å². The zero-order valence-corrected chi connectivity index (χ0v) is 8.94. The van der Waals surface area contributed by atoms with Gasteiger partial charge in [-0.2, -0.15) is 0 Å². The molecule has 2 rings (SSSR count). The van der Waals surface area contributed by atoms with Gasteiger partial charge in [0.25, 0.3) is 0 Å². The molecule has 3 heteroatoms. The van der Waals surface area contributed by atoms with Crippen molar-refractivity contribution in [2.75, 3.05) is 26.3 Å². The molecule has 0 aromatic heterocycles. The lowest BCUT2D eigenvalue weighted by atomic mass is 9.87. The van der Waals surface area contributed by atoms with Gasteiger partial charge in [0.05, 0.1) is 0 Å². The molecule has 2 heterocycles. The van der Waals surface area contributed by atoms with E-state index in [0.717, 1.165) is 25.0 Å². The van der Waals surface area contributed by atoms with Gasteiger partial charge >= 0.3 is 0 Å². The second-order valence-electron chi connectivity index (χ2n) is 4.16. The molecule has 0 saturated carbocycles. The summed E-state index contributed by atoms with van der Waals surface area (Å²) in [6.45, 7) is 4.51. The number of hydrogen-bond donors (Lipinski definition) is 1. The van der Waals surface area contributed by atoms with E-state index in [1.165, 1.54) is 38.8 Å². The molecule has 1 atom stereocenters. The topological polar surface area (TPSA) is 21.3 Å². The van der Waals surface area contributed by atoms with Gasteiger partial charge in [0.1, 0.15) is 0 Å². The van der Waals surface area contributed by atoms with Gasteiger partial charge in [-0.1, -0.05) is 0 Å². The minimum atomic E-state index is 0. The Morgan fingerprint density at radius 2 is 1.85 bits per heavy atom. The van der Waals surface area contributed by atoms with E-state index in [1.807, 2.05) is 0 Å². The first-order valence-corrected chi connectivity index (χ1v) is 5.23. The van der Waals surface area contributed by atoms with Gasteiger partial charge in [-0.15, -0.1) is 12.4 Å². The van der Waals surface area contributed by atoms with Crippen molar-refractivity contribution >= 4 is 12.4 Å². The number of ether oxygens (including phenoxy) is 1. The highest BCUT2D eigenvalue weighted by molar-refractivity contribution is 5.85. The Kier molecular flexibility index (Phi) is 5.07. The first-order chi connectivity index (χ1) is 5.95. The fourth-order valence-corrected chi connectivity index (χ4v) is 2.36. The van der Waals surface area contributed by atoms with E-state index < -0.39 is 0 Å². The summed E-state index contributed by atoms with van der Waals surface area (Å²) in [5.41, 5.74) is 0. The fraction of sp³-hybridized carbons (Fsp3) is 1.00. The Morgan fingerprint density at radius 1 is 1.08 bits per heavy atom. The molecule has 0 aromatic carbocycles. The maximum Gasteiger partial charge on any atom is 0.0495 e. The second-order valence-corrected chi connectivity index (χ2v) is 4.16. The molecule has 78 valence electrons. The van der Waals surface area contributed by atoms with Gasteiger partial charge in [-0.25, -0.2) is 0 Å². The second kappa shape index (κ2) is 5.84. The highest BCUT2D eigenvalue weighted by Crippen LogP contribution is 2.26. The minimum absolute atomic E-state index is 0. The summed E-state index contributed by atoms with van der Waals surface area (Å²) in [6, 6.07) is 0. The predicted molar refractivity (Wildman–Crippen MR) is 56.4 cm³/mol. The van der Waals surface area contributed by atoms with Crippen LogP contribution in [0.3, 0.4) is 0 Å². The van der Waals surface area contributed by atoms with Crippen molar-refractivity contribution in [1.29, 1.82) is 0 Å². The van der Waals surface area contributed by atoms with Crippen molar-refractivity contribution < 1.29 is 4.74 Å². The van der Waals surface area contributed by atoms with E-state index in [1.54, 1.807) is 0 Å². The fourth-order valence-electron chi connectivity index (χ4n) is 2.36. The molecule has 1 N–H and O–H groups in total. The van der Waals surface area contributed by atoms with Crippen LogP contribution in [0.15, 0.2) is 0 Å². The maximum absolute atomic E-state index is 5.38. The molecule has 0 aliphatic carbocycles. The lowest BCUT2D eigenvalue weighted by molar-refractivity contribution is 0.176. The van der Waals surface area contributed by atoms with Crippen LogP contribution in [0.1, 0.15) is 25.7 Å². The van der Waals surface area contributed by atoms with Gasteiger partial charge in [0.15, 0.2) is 0 Å². The molecule has 2 fully saturated rings. The van der Waals surface area contributed by atoms with E-state index in [4.69, 9.17) is 4.74 Å². The normalized spacial score (nSPS) is 30.0. The van der Waals surface area contributed by atoms with Gasteiger partial charge in [-0.05, 0) is 50.6 Å². The summed E-state index contributed by atoms with van der Waals surface area (Å²) in [4.78, 5) is 0. The number of piperidine rings is 1. The number of hydrogen-bond acceptors (Lipinski definition) is 2. The van der Waals surface area contributed by atoms with E-state index >= 15 is 0 Å². The van der Waals surface area contributed by atoms with Crippen LogP contribution in [0.2, 0.25) is 0 Å². The SMILES string of the molecule is C1CC(CC2CCOC2)CCN1.Cl. The highest BCUT2D eigenvalue weighted by atomic mass is 35.5. The Hall–Kier alpha value is 0.210. The van der Waals surface area contributed by atoms with Crippen LogP contribution in [0.25, 0.3) is 0 Å².